The highest BCUT2D eigenvalue weighted by Crippen LogP contribution is 2.20. The molecule has 0 spiro atoms. The van der Waals surface area contributed by atoms with Gasteiger partial charge in [0.25, 0.3) is 0 Å². The van der Waals surface area contributed by atoms with Gasteiger partial charge in [-0.1, -0.05) is 17.7 Å². The number of aliphatic imine (C=N–C) groups is 1. The Morgan fingerprint density at radius 1 is 1.32 bits per heavy atom. The van der Waals surface area contributed by atoms with E-state index in [1.54, 1.807) is 13.4 Å². The summed E-state index contributed by atoms with van der Waals surface area (Å²) in [5, 5.41) is 14.8. The van der Waals surface area contributed by atoms with E-state index in [2.05, 4.69) is 61.9 Å². The topological polar surface area (TPSA) is 70.4 Å². The first kappa shape index (κ1) is 19.5. The number of rotatable bonds is 4. The maximum atomic E-state index is 4.31. The van der Waals surface area contributed by atoms with E-state index in [1.807, 2.05) is 11.6 Å². The maximum Gasteiger partial charge on any atom is 0.191 e. The standard InChI is InChI=1S/C17H25N7.HI/c1-13-4-6-15(7-5-13)24-9-8-14(11-24)21-17(18-2)19-10-16-22-20-12-23(16)3;/h4-7,12,14H,8-11H2,1-3H3,(H2,18,19,21);1H. The first-order valence-electron chi connectivity index (χ1n) is 8.27. The minimum atomic E-state index is 0. The molecule has 2 N–H and O–H groups in total. The average Bonchev–Trinajstić information content (AvgIpc) is 3.21. The smallest absolute Gasteiger partial charge is 0.191 e. The molecule has 1 atom stereocenters. The van der Waals surface area contributed by atoms with Crippen LogP contribution in [-0.2, 0) is 13.6 Å². The fourth-order valence-electron chi connectivity index (χ4n) is 2.89. The number of hydrogen-bond acceptors (Lipinski definition) is 4. The lowest BCUT2D eigenvalue weighted by atomic mass is 10.2. The highest BCUT2D eigenvalue weighted by molar-refractivity contribution is 14.0. The largest absolute Gasteiger partial charge is 0.369 e. The highest BCUT2D eigenvalue weighted by atomic mass is 127. The van der Waals surface area contributed by atoms with Crippen LogP contribution in [0.1, 0.15) is 17.8 Å². The van der Waals surface area contributed by atoms with E-state index < -0.39 is 0 Å². The predicted octanol–water partition coefficient (Wildman–Crippen LogP) is 1.69. The van der Waals surface area contributed by atoms with Gasteiger partial charge >= 0.3 is 0 Å². The Hall–Kier alpha value is -1.84. The van der Waals surface area contributed by atoms with Crippen LogP contribution in [-0.4, -0.2) is 46.9 Å². The molecular formula is C17H26IN7. The Kier molecular flexibility index (Phi) is 7.03. The molecule has 0 radical (unpaired) electrons. The molecule has 1 aliphatic heterocycles. The summed E-state index contributed by atoms with van der Waals surface area (Å²) < 4.78 is 1.90. The molecule has 1 aromatic carbocycles. The van der Waals surface area contributed by atoms with Gasteiger partial charge in [0, 0.05) is 38.9 Å². The van der Waals surface area contributed by atoms with Crippen LogP contribution >= 0.6 is 24.0 Å². The number of halogens is 1. The summed E-state index contributed by atoms with van der Waals surface area (Å²) in [6.45, 7) is 4.75. The molecule has 1 aliphatic rings. The summed E-state index contributed by atoms with van der Waals surface area (Å²) in [6.07, 6.45) is 2.79. The van der Waals surface area contributed by atoms with E-state index in [0.29, 0.717) is 12.6 Å². The highest BCUT2D eigenvalue weighted by Gasteiger charge is 2.23. The number of aryl methyl sites for hydroxylation is 2. The zero-order valence-corrected chi connectivity index (χ0v) is 17.3. The lowest BCUT2D eigenvalue weighted by Gasteiger charge is -2.20. The van der Waals surface area contributed by atoms with Gasteiger partial charge in [-0.3, -0.25) is 4.99 Å². The van der Waals surface area contributed by atoms with Crippen LogP contribution in [0, 0.1) is 6.92 Å². The molecule has 1 aromatic heterocycles. The quantitative estimate of drug-likeness (QED) is 0.417. The van der Waals surface area contributed by atoms with Crippen molar-refractivity contribution in [3.05, 3.63) is 42.0 Å². The van der Waals surface area contributed by atoms with Crippen molar-refractivity contribution in [3.63, 3.8) is 0 Å². The molecule has 0 bridgehead atoms. The van der Waals surface area contributed by atoms with Crippen molar-refractivity contribution < 1.29 is 0 Å². The van der Waals surface area contributed by atoms with E-state index in [9.17, 15) is 0 Å². The lowest BCUT2D eigenvalue weighted by Crippen LogP contribution is -2.44. The summed E-state index contributed by atoms with van der Waals surface area (Å²) >= 11 is 0. The Morgan fingerprint density at radius 3 is 2.72 bits per heavy atom. The van der Waals surface area contributed by atoms with Gasteiger partial charge in [-0.25, -0.2) is 0 Å². The fourth-order valence-corrected chi connectivity index (χ4v) is 2.89. The fraction of sp³-hybridized carbons (Fsp3) is 0.471. The molecule has 25 heavy (non-hydrogen) atoms. The molecule has 1 saturated heterocycles. The molecule has 1 unspecified atom stereocenters. The number of anilines is 1. The molecule has 1 fully saturated rings. The van der Waals surface area contributed by atoms with E-state index in [1.165, 1.54) is 11.3 Å². The van der Waals surface area contributed by atoms with Crippen molar-refractivity contribution >= 4 is 35.6 Å². The van der Waals surface area contributed by atoms with Crippen LogP contribution in [0.25, 0.3) is 0 Å². The first-order valence-corrected chi connectivity index (χ1v) is 8.27. The lowest BCUT2D eigenvalue weighted by molar-refractivity contribution is 0.640. The van der Waals surface area contributed by atoms with Crippen LogP contribution in [0.2, 0.25) is 0 Å². The van der Waals surface area contributed by atoms with Crippen molar-refractivity contribution in [1.82, 2.24) is 25.4 Å². The van der Waals surface area contributed by atoms with E-state index >= 15 is 0 Å². The van der Waals surface area contributed by atoms with Crippen molar-refractivity contribution in [2.24, 2.45) is 12.0 Å². The summed E-state index contributed by atoms with van der Waals surface area (Å²) in [5.74, 6) is 1.68. The van der Waals surface area contributed by atoms with Gasteiger partial charge in [-0.05, 0) is 25.5 Å². The monoisotopic (exact) mass is 455 g/mol. The zero-order chi connectivity index (χ0) is 16.9. The normalized spacial score (nSPS) is 17.3. The number of nitrogens with zero attached hydrogens (tertiary/aromatic N) is 5. The molecule has 8 heteroatoms. The van der Waals surface area contributed by atoms with E-state index in [0.717, 1.165) is 31.3 Å². The van der Waals surface area contributed by atoms with Crippen molar-refractivity contribution in [2.45, 2.75) is 25.9 Å². The van der Waals surface area contributed by atoms with Gasteiger partial charge in [0.15, 0.2) is 11.8 Å². The third-order valence-corrected chi connectivity index (χ3v) is 4.37. The van der Waals surface area contributed by atoms with Gasteiger partial charge in [-0.2, -0.15) is 0 Å². The zero-order valence-electron chi connectivity index (χ0n) is 14.9. The van der Waals surface area contributed by atoms with Gasteiger partial charge < -0.3 is 20.1 Å². The van der Waals surface area contributed by atoms with Crippen molar-refractivity contribution in [2.75, 3.05) is 25.0 Å². The van der Waals surface area contributed by atoms with Gasteiger partial charge in [0.2, 0.25) is 0 Å². The Labute approximate surface area is 165 Å². The summed E-state index contributed by atoms with van der Waals surface area (Å²) in [6, 6.07) is 9.10. The molecule has 2 aromatic rings. The average molecular weight is 455 g/mol. The summed E-state index contributed by atoms with van der Waals surface area (Å²) in [5.41, 5.74) is 2.58. The molecule has 0 aliphatic carbocycles. The van der Waals surface area contributed by atoms with Crippen LogP contribution in [0.15, 0.2) is 35.6 Å². The van der Waals surface area contributed by atoms with Crippen LogP contribution in [0.3, 0.4) is 0 Å². The minimum absolute atomic E-state index is 0. The van der Waals surface area contributed by atoms with Crippen LogP contribution in [0.4, 0.5) is 5.69 Å². The van der Waals surface area contributed by atoms with Crippen LogP contribution < -0.4 is 15.5 Å². The Morgan fingerprint density at radius 2 is 2.08 bits per heavy atom. The Bertz CT molecular complexity index is 695. The molecule has 136 valence electrons. The first-order chi connectivity index (χ1) is 11.7. The second-order valence-corrected chi connectivity index (χ2v) is 6.20. The number of guanidine groups is 1. The molecule has 2 heterocycles. The summed E-state index contributed by atoms with van der Waals surface area (Å²) in [7, 11) is 3.72. The molecule has 3 rings (SSSR count). The van der Waals surface area contributed by atoms with E-state index in [4.69, 9.17) is 0 Å². The van der Waals surface area contributed by atoms with Crippen molar-refractivity contribution in [3.8, 4) is 0 Å². The van der Waals surface area contributed by atoms with Gasteiger partial charge in [0.1, 0.15) is 6.33 Å². The summed E-state index contributed by atoms with van der Waals surface area (Å²) in [4.78, 5) is 6.72. The molecule has 0 amide bonds. The molecule has 7 nitrogen and oxygen atoms in total. The second-order valence-electron chi connectivity index (χ2n) is 6.20. The number of hydrogen-bond donors (Lipinski definition) is 2. The third kappa shape index (κ3) is 5.07. The van der Waals surface area contributed by atoms with Gasteiger partial charge in [-0.15, -0.1) is 34.2 Å². The Balaban J connectivity index is 0.00000225. The van der Waals surface area contributed by atoms with E-state index in [-0.39, 0.29) is 24.0 Å². The number of benzene rings is 1. The minimum Gasteiger partial charge on any atom is -0.369 e. The van der Waals surface area contributed by atoms with Gasteiger partial charge in [0.05, 0.1) is 6.54 Å². The predicted molar refractivity (Wildman–Crippen MR) is 112 cm³/mol. The SMILES string of the molecule is CN=C(NCc1nncn1C)NC1CCN(c2ccc(C)cc2)C1.I. The number of aromatic nitrogens is 3. The maximum absolute atomic E-state index is 4.31. The second kappa shape index (κ2) is 9.02. The van der Waals surface area contributed by atoms with Crippen molar-refractivity contribution in [1.29, 1.82) is 0 Å². The number of nitrogens with one attached hydrogen (secondary N) is 2. The van der Waals surface area contributed by atoms with Crippen LogP contribution in [0.5, 0.6) is 0 Å². The molecular weight excluding hydrogens is 429 g/mol. The third-order valence-electron chi connectivity index (χ3n) is 4.37. The molecule has 0 saturated carbocycles.